The molecule has 2 aromatic rings. The number of aliphatic imine (C=N–C) groups is 1. The minimum atomic E-state index is -0.118. The van der Waals surface area contributed by atoms with Crippen LogP contribution in [-0.4, -0.2) is 40.7 Å². The normalized spacial score (nSPS) is 20.1. The van der Waals surface area contributed by atoms with Crippen molar-refractivity contribution in [2.24, 2.45) is 10.7 Å². The minimum Gasteiger partial charge on any atom is -0.493 e. The van der Waals surface area contributed by atoms with Crippen LogP contribution in [-0.2, 0) is 0 Å². The first-order valence-electron chi connectivity index (χ1n) is 9.02. The molecule has 140 valence electrons. The second-order valence-electron chi connectivity index (χ2n) is 6.38. The first kappa shape index (κ1) is 17.3. The van der Waals surface area contributed by atoms with Crippen LogP contribution in [0, 0.1) is 0 Å². The Labute approximate surface area is 157 Å². The smallest absolute Gasteiger partial charge is 0.316 e. The SMILES string of the molecule is CCCCOc1ccnc2c1C(c1ccnc(OC)n1)C1C=CN=C(N)N21. The number of fused-ring (bicyclic) bond motifs is 3. The van der Waals surface area contributed by atoms with Crippen molar-refractivity contribution in [2.75, 3.05) is 18.6 Å². The zero-order chi connectivity index (χ0) is 18.8. The highest BCUT2D eigenvalue weighted by atomic mass is 16.5. The molecular formula is C19H22N6O2. The summed E-state index contributed by atoms with van der Waals surface area (Å²) in [5.74, 6) is 1.84. The van der Waals surface area contributed by atoms with Crippen LogP contribution >= 0.6 is 0 Å². The van der Waals surface area contributed by atoms with Gasteiger partial charge in [0.05, 0.1) is 31.4 Å². The molecule has 2 unspecified atom stereocenters. The Morgan fingerprint density at radius 3 is 2.89 bits per heavy atom. The molecule has 0 spiro atoms. The van der Waals surface area contributed by atoms with Gasteiger partial charge >= 0.3 is 6.01 Å². The van der Waals surface area contributed by atoms with Crippen LogP contribution < -0.4 is 20.1 Å². The number of unbranched alkanes of at least 4 members (excludes halogenated alkanes) is 1. The monoisotopic (exact) mass is 366 g/mol. The van der Waals surface area contributed by atoms with Gasteiger partial charge in [-0.2, -0.15) is 4.98 Å². The fraction of sp³-hybridized carbons (Fsp3) is 0.368. The summed E-state index contributed by atoms with van der Waals surface area (Å²) in [5.41, 5.74) is 7.97. The molecule has 0 fully saturated rings. The highest BCUT2D eigenvalue weighted by Crippen LogP contribution is 2.48. The highest BCUT2D eigenvalue weighted by molar-refractivity contribution is 5.99. The molecule has 2 atom stereocenters. The van der Waals surface area contributed by atoms with E-state index < -0.39 is 0 Å². The quantitative estimate of drug-likeness (QED) is 0.783. The third-order valence-electron chi connectivity index (χ3n) is 4.76. The van der Waals surface area contributed by atoms with Crippen molar-refractivity contribution in [3.05, 3.63) is 48.1 Å². The number of aromatic nitrogens is 3. The molecule has 0 saturated heterocycles. The largest absolute Gasteiger partial charge is 0.493 e. The summed E-state index contributed by atoms with van der Waals surface area (Å²) in [4.78, 5) is 19.4. The van der Waals surface area contributed by atoms with E-state index in [9.17, 15) is 0 Å². The van der Waals surface area contributed by atoms with Crippen molar-refractivity contribution in [1.29, 1.82) is 0 Å². The molecule has 0 aromatic carbocycles. The fourth-order valence-corrected chi connectivity index (χ4v) is 3.52. The number of hydrogen-bond acceptors (Lipinski definition) is 8. The van der Waals surface area contributed by atoms with Gasteiger partial charge in [-0.25, -0.2) is 15.0 Å². The Bertz CT molecular complexity index is 898. The van der Waals surface area contributed by atoms with Gasteiger partial charge in [0.15, 0.2) is 0 Å². The Kier molecular flexibility index (Phi) is 4.62. The minimum absolute atomic E-state index is 0.0828. The Hall–Kier alpha value is -3.16. The van der Waals surface area contributed by atoms with Crippen molar-refractivity contribution in [2.45, 2.75) is 31.7 Å². The van der Waals surface area contributed by atoms with Gasteiger partial charge in [-0.05, 0) is 24.6 Å². The molecule has 0 amide bonds. The first-order chi connectivity index (χ1) is 13.2. The number of hydrogen-bond donors (Lipinski definition) is 1. The van der Waals surface area contributed by atoms with E-state index in [0.717, 1.165) is 35.7 Å². The molecular weight excluding hydrogens is 344 g/mol. The van der Waals surface area contributed by atoms with Crippen molar-refractivity contribution in [1.82, 2.24) is 15.0 Å². The third-order valence-corrected chi connectivity index (χ3v) is 4.76. The summed E-state index contributed by atoms with van der Waals surface area (Å²) in [6.07, 6.45) is 9.22. The molecule has 2 N–H and O–H groups in total. The molecule has 8 nitrogen and oxygen atoms in total. The standard InChI is InChI=1S/C19H22N6O2/c1-3-4-11-27-14-7-10-21-17-16(14)15(12-5-8-23-19(24-12)26-2)13-6-9-22-18(20)25(13)17/h5-10,13,15H,3-4,11H2,1-2H3,(H2,20,22). The molecule has 8 heteroatoms. The highest BCUT2D eigenvalue weighted by Gasteiger charge is 2.44. The predicted octanol–water partition coefficient (Wildman–Crippen LogP) is 2.22. The second-order valence-corrected chi connectivity index (χ2v) is 6.38. The van der Waals surface area contributed by atoms with E-state index >= 15 is 0 Å². The maximum absolute atomic E-state index is 6.19. The average molecular weight is 366 g/mol. The molecule has 4 rings (SSSR count). The van der Waals surface area contributed by atoms with E-state index in [1.165, 1.54) is 0 Å². The molecule has 2 aromatic heterocycles. The van der Waals surface area contributed by atoms with E-state index in [4.69, 9.17) is 15.2 Å². The lowest BCUT2D eigenvalue weighted by Crippen LogP contribution is -2.44. The second kappa shape index (κ2) is 7.22. The van der Waals surface area contributed by atoms with Crippen LogP contribution in [0.5, 0.6) is 11.8 Å². The zero-order valence-corrected chi connectivity index (χ0v) is 15.4. The van der Waals surface area contributed by atoms with E-state index in [1.54, 1.807) is 25.7 Å². The van der Waals surface area contributed by atoms with Gasteiger partial charge in [0.25, 0.3) is 0 Å². The number of anilines is 1. The summed E-state index contributed by atoms with van der Waals surface area (Å²) in [6.45, 7) is 2.79. The molecule has 0 saturated carbocycles. The van der Waals surface area contributed by atoms with Crippen molar-refractivity contribution < 1.29 is 9.47 Å². The molecule has 27 heavy (non-hydrogen) atoms. The number of nitrogens with two attached hydrogens (primary N) is 1. The van der Waals surface area contributed by atoms with Gasteiger partial charge in [0.1, 0.15) is 11.6 Å². The topological polar surface area (TPSA) is 98.8 Å². The molecule has 2 aliphatic heterocycles. The summed E-state index contributed by atoms with van der Waals surface area (Å²) in [5, 5.41) is 0. The number of rotatable bonds is 6. The van der Waals surface area contributed by atoms with Gasteiger partial charge in [-0.1, -0.05) is 13.3 Å². The Morgan fingerprint density at radius 2 is 2.07 bits per heavy atom. The third kappa shape index (κ3) is 2.97. The first-order valence-corrected chi connectivity index (χ1v) is 9.02. The van der Waals surface area contributed by atoms with Crippen LogP contribution in [0.15, 0.2) is 41.8 Å². The number of pyridine rings is 1. The molecule has 0 radical (unpaired) electrons. The summed E-state index contributed by atoms with van der Waals surface area (Å²) < 4.78 is 11.3. The number of methoxy groups -OCH3 is 1. The van der Waals surface area contributed by atoms with Gasteiger partial charge in [-0.15, -0.1) is 0 Å². The number of guanidine groups is 1. The average Bonchev–Trinajstić information content (AvgIpc) is 3.04. The van der Waals surface area contributed by atoms with Crippen molar-refractivity contribution in [3.8, 4) is 11.8 Å². The number of ether oxygens (including phenoxy) is 2. The van der Waals surface area contributed by atoms with Gasteiger partial charge in [0.2, 0.25) is 5.96 Å². The van der Waals surface area contributed by atoms with E-state index in [2.05, 4.69) is 26.9 Å². The lowest BCUT2D eigenvalue weighted by molar-refractivity contribution is 0.305. The maximum Gasteiger partial charge on any atom is 0.316 e. The predicted molar refractivity (Wildman–Crippen MR) is 102 cm³/mol. The van der Waals surface area contributed by atoms with Crippen molar-refractivity contribution >= 4 is 11.8 Å². The molecule has 0 bridgehead atoms. The lowest BCUT2D eigenvalue weighted by atomic mass is 9.91. The van der Waals surface area contributed by atoms with Crippen molar-refractivity contribution in [3.63, 3.8) is 0 Å². The summed E-state index contributed by atoms with van der Waals surface area (Å²) in [6, 6.07) is 4.03. The summed E-state index contributed by atoms with van der Waals surface area (Å²) in [7, 11) is 1.56. The molecule has 2 aliphatic rings. The van der Waals surface area contributed by atoms with Gasteiger partial charge < -0.3 is 15.2 Å². The Balaban J connectivity index is 1.84. The van der Waals surface area contributed by atoms with E-state index in [0.29, 0.717) is 18.6 Å². The van der Waals surface area contributed by atoms with Crippen LogP contribution in [0.25, 0.3) is 0 Å². The molecule has 4 heterocycles. The van der Waals surface area contributed by atoms with Crippen LogP contribution in [0.3, 0.4) is 0 Å². The molecule has 0 aliphatic carbocycles. The zero-order valence-electron chi connectivity index (χ0n) is 15.4. The lowest BCUT2D eigenvalue weighted by Gasteiger charge is -2.28. The Morgan fingerprint density at radius 1 is 1.22 bits per heavy atom. The fourth-order valence-electron chi connectivity index (χ4n) is 3.52. The van der Waals surface area contributed by atoms with Crippen LogP contribution in [0.4, 0.5) is 5.82 Å². The van der Waals surface area contributed by atoms with Gasteiger partial charge in [-0.3, -0.25) is 4.90 Å². The van der Waals surface area contributed by atoms with Crippen LogP contribution in [0.2, 0.25) is 0 Å². The van der Waals surface area contributed by atoms with E-state index in [1.807, 2.05) is 23.1 Å². The maximum atomic E-state index is 6.19. The summed E-state index contributed by atoms with van der Waals surface area (Å²) >= 11 is 0. The van der Waals surface area contributed by atoms with Gasteiger partial charge in [0, 0.05) is 24.2 Å². The number of nitrogens with zero attached hydrogens (tertiary/aromatic N) is 5. The van der Waals surface area contributed by atoms with E-state index in [-0.39, 0.29) is 12.0 Å². The van der Waals surface area contributed by atoms with Crippen LogP contribution in [0.1, 0.15) is 36.9 Å².